The molecule has 3 heteroatoms. The molecular weight excluding hydrogens is 314 g/mol. The maximum absolute atomic E-state index is 9.36. The zero-order valence-corrected chi connectivity index (χ0v) is 14.8. The molecule has 2 nitrogen and oxygen atoms in total. The van der Waals surface area contributed by atoms with Crippen molar-refractivity contribution in [1.82, 2.24) is 4.90 Å². The molecule has 0 spiro atoms. The van der Waals surface area contributed by atoms with Crippen LogP contribution in [-0.2, 0) is 6.42 Å². The van der Waals surface area contributed by atoms with Crippen LogP contribution >= 0.6 is 11.8 Å². The van der Waals surface area contributed by atoms with Crippen LogP contribution in [0.5, 0.6) is 5.75 Å². The van der Waals surface area contributed by atoms with Gasteiger partial charge >= 0.3 is 0 Å². The van der Waals surface area contributed by atoms with Gasteiger partial charge in [0.15, 0.2) is 0 Å². The molecule has 1 heterocycles. The van der Waals surface area contributed by atoms with Gasteiger partial charge in [-0.25, -0.2) is 0 Å². The number of aromatic hydroxyl groups is 1. The van der Waals surface area contributed by atoms with Gasteiger partial charge in [-0.1, -0.05) is 30.3 Å². The Kier molecular flexibility index (Phi) is 4.81. The predicted molar refractivity (Wildman–Crippen MR) is 101 cm³/mol. The fourth-order valence-electron chi connectivity index (χ4n) is 4.26. The van der Waals surface area contributed by atoms with Gasteiger partial charge in [0.2, 0.25) is 0 Å². The molecule has 0 amide bonds. The van der Waals surface area contributed by atoms with E-state index in [0.29, 0.717) is 5.75 Å². The van der Waals surface area contributed by atoms with Gasteiger partial charge in [-0.2, -0.15) is 0 Å². The topological polar surface area (TPSA) is 23.5 Å². The molecule has 1 aliphatic carbocycles. The third-order valence-corrected chi connectivity index (χ3v) is 6.74. The molecule has 1 aliphatic heterocycles. The summed E-state index contributed by atoms with van der Waals surface area (Å²) in [6.45, 7) is 3.69. The summed E-state index contributed by atoms with van der Waals surface area (Å²) in [5.41, 5.74) is 1.32. The quantitative estimate of drug-likeness (QED) is 0.871. The molecular formula is C21H25NOS. The smallest absolute Gasteiger partial charge is 0.115 e. The van der Waals surface area contributed by atoms with Crippen molar-refractivity contribution in [1.29, 1.82) is 0 Å². The van der Waals surface area contributed by atoms with Crippen LogP contribution in [0.3, 0.4) is 0 Å². The number of hydrogen-bond donors (Lipinski definition) is 1. The maximum Gasteiger partial charge on any atom is 0.115 e. The summed E-state index contributed by atoms with van der Waals surface area (Å²) in [7, 11) is 0. The summed E-state index contributed by atoms with van der Waals surface area (Å²) >= 11 is 2.08. The maximum atomic E-state index is 9.36. The van der Waals surface area contributed by atoms with Gasteiger partial charge in [-0.3, -0.25) is 0 Å². The van der Waals surface area contributed by atoms with Crippen molar-refractivity contribution in [2.24, 2.45) is 11.8 Å². The van der Waals surface area contributed by atoms with Crippen molar-refractivity contribution >= 4 is 11.8 Å². The molecule has 126 valence electrons. The number of hydrogen-bond acceptors (Lipinski definition) is 3. The molecule has 1 unspecified atom stereocenters. The molecule has 24 heavy (non-hydrogen) atoms. The van der Waals surface area contributed by atoms with Crippen molar-refractivity contribution in [3.8, 4) is 5.75 Å². The minimum Gasteiger partial charge on any atom is -0.508 e. The number of phenols is 1. The van der Waals surface area contributed by atoms with E-state index in [4.69, 9.17) is 0 Å². The van der Waals surface area contributed by atoms with E-state index < -0.39 is 0 Å². The molecule has 2 aromatic carbocycles. The van der Waals surface area contributed by atoms with E-state index in [1.807, 2.05) is 12.1 Å². The Morgan fingerprint density at radius 1 is 0.917 bits per heavy atom. The normalized spacial score (nSPS) is 26.6. The Bertz CT molecular complexity index is 643. The number of likely N-dealkylation sites (tertiary alicyclic amines) is 1. The summed E-state index contributed by atoms with van der Waals surface area (Å²) < 4.78 is 0. The predicted octanol–water partition coefficient (Wildman–Crippen LogP) is 4.44. The fraction of sp³-hybridized carbons (Fsp3) is 0.429. The lowest BCUT2D eigenvalue weighted by molar-refractivity contribution is 0.316. The van der Waals surface area contributed by atoms with Crippen LogP contribution in [0.25, 0.3) is 0 Å². The highest BCUT2D eigenvalue weighted by Gasteiger charge is 2.40. The summed E-state index contributed by atoms with van der Waals surface area (Å²) in [6.07, 6.45) is 3.84. The monoisotopic (exact) mass is 339 g/mol. The van der Waals surface area contributed by atoms with Gasteiger partial charge in [0.25, 0.3) is 0 Å². The Morgan fingerprint density at radius 2 is 1.58 bits per heavy atom. The van der Waals surface area contributed by atoms with Crippen LogP contribution in [0.2, 0.25) is 0 Å². The zero-order chi connectivity index (χ0) is 16.4. The molecule has 1 saturated heterocycles. The zero-order valence-electron chi connectivity index (χ0n) is 14.0. The molecule has 2 aliphatic rings. The fourth-order valence-corrected chi connectivity index (χ4v) is 5.65. The standard InChI is InChI=1S/C21H25NOS/c23-19-8-6-16(7-9-19)10-11-22-14-17-12-21(13-18(17)15-22)24-20-4-2-1-3-5-20/h1-9,17-18,21,23H,10-15H2/t17-,18+,21?. The molecule has 0 radical (unpaired) electrons. The average Bonchev–Trinajstić information content (AvgIpc) is 3.13. The van der Waals surface area contributed by atoms with E-state index in [1.54, 1.807) is 12.1 Å². The molecule has 1 saturated carbocycles. The average molecular weight is 340 g/mol. The van der Waals surface area contributed by atoms with Gasteiger partial charge in [-0.15, -0.1) is 11.8 Å². The number of fused-ring (bicyclic) bond motifs is 1. The van der Waals surface area contributed by atoms with Gasteiger partial charge in [-0.05, 0) is 60.9 Å². The summed E-state index contributed by atoms with van der Waals surface area (Å²) in [5, 5.41) is 10.2. The van der Waals surface area contributed by atoms with Crippen molar-refractivity contribution in [3.05, 3.63) is 60.2 Å². The highest BCUT2D eigenvalue weighted by Crippen LogP contribution is 2.44. The molecule has 0 bridgehead atoms. The van der Waals surface area contributed by atoms with E-state index in [9.17, 15) is 5.11 Å². The van der Waals surface area contributed by atoms with E-state index in [0.717, 1.165) is 30.1 Å². The van der Waals surface area contributed by atoms with Crippen LogP contribution in [0.15, 0.2) is 59.5 Å². The molecule has 0 aromatic heterocycles. The first-order valence-electron chi connectivity index (χ1n) is 8.98. The molecule has 4 rings (SSSR count). The van der Waals surface area contributed by atoms with Crippen molar-refractivity contribution in [2.45, 2.75) is 29.4 Å². The van der Waals surface area contributed by atoms with E-state index >= 15 is 0 Å². The Balaban J connectivity index is 1.25. The van der Waals surface area contributed by atoms with E-state index in [2.05, 4.69) is 47.0 Å². The van der Waals surface area contributed by atoms with Crippen LogP contribution in [0, 0.1) is 11.8 Å². The summed E-state index contributed by atoms with van der Waals surface area (Å²) in [6, 6.07) is 18.5. The van der Waals surface area contributed by atoms with Gasteiger partial charge in [0, 0.05) is 29.8 Å². The van der Waals surface area contributed by atoms with Crippen LogP contribution in [0.4, 0.5) is 0 Å². The van der Waals surface area contributed by atoms with Gasteiger partial charge in [0.1, 0.15) is 5.75 Å². The van der Waals surface area contributed by atoms with Crippen molar-refractivity contribution in [2.75, 3.05) is 19.6 Å². The minimum absolute atomic E-state index is 0.358. The number of rotatable bonds is 5. The van der Waals surface area contributed by atoms with Crippen molar-refractivity contribution < 1.29 is 5.11 Å². The van der Waals surface area contributed by atoms with Crippen LogP contribution in [0.1, 0.15) is 18.4 Å². The molecule has 2 fully saturated rings. The molecule has 3 atom stereocenters. The van der Waals surface area contributed by atoms with Crippen LogP contribution < -0.4 is 0 Å². The molecule has 2 aromatic rings. The van der Waals surface area contributed by atoms with Gasteiger partial charge in [0.05, 0.1) is 0 Å². The third kappa shape index (κ3) is 3.79. The Labute approximate surface area is 148 Å². The second-order valence-corrected chi connectivity index (χ2v) is 8.59. The number of phenolic OH excluding ortho intramolecular Hbond substituents is 1. The second kappa shape index (κ2) is 7.20. The largest absolute Gasteiger partial charge is 0.508 e. The summed E-state index contributed by atoms with van der Waals surface area (Å²) in [4.78, 5) is 4.07. The second-order valence-electron chi connectivity index (χ2n) is 7.22. The lowest BCUT2D eigenvalue weighted by atomic mass is 10.0. The van der Waals surface area contributed by atoms with E-state index in [1.165, 1.54) is 36.4 Å². The minimum atomic E-state index is 0.358. The first-order chi connectivity index (χ1) is 11.8. The highest BCUT2D eigenvalue weighted by molar-refractivity contribution is 8.00. The SMILES string of the molecule is Oc1ccc(CCN2C[C@H]3CC(Sc4ccccc4)C[C@H]3C2)cc1. The lowest BCUT2D eigenvalue weighted by Gasteiger charge is -2.18. The highest BCUT2D eigenvalue weighted by atomic mass is 32.2. The molecule has 1 N–H and O–H groups in total. The van der Waals surface area contributed by atoms with Gasteiger partial charge < -0.3 is 10.0 Å². The first kappa shape index (κ1) is 16.0. The Hall–Kier alpha value is -1.45. The Morgan fingerprint density at radius 3 is 2.25 bits per heavy atom. The van der Waals surface area contributed by atoms with Crippen LogP contribution in [-0.4, -0.2) is 34.9 Å². The third-order valence-electron chi connectivity index (χ3n) is 5.48. The number of nitrogens with zero attached hydrogens (tertiary/aromatic N) is 1. The summed E-state index contributed by atoms with van der Waals surface area (Å²) in [5.74, 6) is 2.15. The number of thioether (sulfide) groups is 1. The first-order valence-corrected chi connectivity index (χ1v) is 9.86. The van der Waals surface area contributed by atoms with E-state index in [-0.39, 0.29) is 0 Å². The lowest BCUT2D eigenvalue weighted by Crippen LogP contribution is -2.25. The number of benzene rings is 2. The van der Waals surface area contributed by atoms with Crippen molar-refractivity contribution in [3.63, 3.8) is 0 Å².